The molecule has 1 spiro atoms. The van der Waals surface area contributed by atoms with Crippen LogP contribution in [0, 0.1) is 0 Å². The van der Waals surface area contributed by atoms with E-state index in [-0.39, 0.29) is 0 Å². The van der Waals surface area contributed by atoms with Crippen LogP contribution in [-0.2, 0) is 0 Å². The Labute approximate surface area is 360 Å². The molecule has 4 nitrogen and oxygen atoms in total. The van der Waals surface area contributed by atoms with Crippen LogP contribution in [0.25, 0.3) is 95.0 Å². The van der Waals surface area contributed by atoms with Gasteiger partial charge in [-0.05, 0) is 66.8 Å². The number of hydrogen-bond donors (Lipinski definition) is 0. The largest absolute Gasteiger partial charge is 0.309 e. The number of benzene rings is 9. The summed E-state index contributed by atoms with van der Waals surface area (Å²) in [7, 11) is -2.89. The second kappa shape index (κ2) is 13.5. The lowest BCUT2D eigenvalue weighted by atomic mass is 9.98. The molecule has 4 heterocycles. The summed E-state index contributed by atoms with van der Waals surface area (Å²) in [5, 5.41) is 8.16. The molecular weight excluding hydrogens is 769 g/mol. The summed E-state index contributed by atoms with van der Waals surface area (Å²) >= 11 is 0. The maximum atomic E-state index is 5.20. The molecule has 0 bridgehead atoms. The Hall–Kier alpha value is -7.99. The minimum absolute atomic E-state index is 0.661. The number of nitrogens with zero attached hydrogens (tertiary/aromatic N) is 4. The van der Waals surface area contributed by atoms with Gasteiger partial charge < -0.3 is 4.57 Å². The average Bonchev–Trinajstić information content (AvgIpc) is 3.96. The zero-order valence-corrected chi connectivity index (χ0v) is 34.6. The molecule has 13 rings (SSSR count). The lowest BCUT2D eigenvalue weighted by Crippen LogP contribution is -2.70. The molecule has 62 heavy (non-hydrogen) atoms. The number of rotatable bonds is 5. The third-order valence-corrected chi connectivity index (χ3v) is 18.0. The van der Waals surface area contributed by atoms with Crippen LogP contribution in [0.2, 0.25) is 0 Å². The molecule has 0 saturated carbocycles. The van der Waals surface area contributed by atoms with Gasteiger partial charge in [0.2, 0.25) is 0 Å². The van der Waals surface area contributed by atoms with Crippen molar-refractivity contribution in [2.75, 3.05) is 0 Å². The molecule has 0 fully saturated rings. The van der Waals surface area contributed by atoms with Crippen molar-refractivity contribution in [3.05, 3.63) is 218 Å². The molecule has 5 heteroatoms. The molecule has 0 N–H and O–H groups in total. The summed E-state index contributed by atoms with van der Waals surface area (Å²) in [6.45, 7) is 0. The van der Waals surface area contributed by atoms with Crippen LogP contribution >= 0.6 is 0 Å². The van der Waals surface area contributed by atoms with Gasteiger partial charge in [0.25, 0.3) is 0 Å². The van der Waals surface area contributed by atoms with Crippen molar-refractivity contribution < 1.29 is 0 Å². The Balaban J connectivity index is 1.07. The summed E-state index contributed by atoms with van der Waals surface area (Å²) in [4.78, 5) is 15.4. The molecule has 1 unspecified atom stereocenters. The zero-order chi connectivity index (χ0) is 40.8. The normalized spacial score (nSPS) is 14.5. The fourth-order valence-electron chi connectivity index (χ4n) is 10.5. The van der Waals surface area contributed by atoms with Crippen LogP contribution in [0.5, 0.6) is 0 Å². The maximum Gasteiger partial charge on any atom is 0.182 e. The monoisotopic (exact) mass is 804 g/mol. The molecular formula is C57H36N4Si. The SMILES string of the molecule is c1ccc(-c2nc(-c3ccccc3)nc(-c3ccc4c(c3)[Si]3(c5ccccc5-4)c4ccccc4-c4ccc(-c5cccc6c7ccccc7n(-c7ccccc7)c56)cc43)n2)cc1. The Kier molecular flexibility index (Phi) is 7.59. The smallest absolute Gasteiger partial charge is 0.182 e. The van der Waals surface area contributed by atoms with E-state index in [1.165, 1.54) is 75.9 Å². The highest BCUT2D eigenvalue weighted by molar-refractivity contribution is 7.24. The Bertz CT molecular complexity index is 3510. The molecule has 2 aliphatic rings. The lowest BCUT2D eigenvalue weighted by Gasteiger charge is -2.28. The Morgan fingerprint density at radius 1 is 0.306 bits per heavy atom. The molecule has 1 atom stereocenters. The van der Waals surface area contributed by atoms with E-state index in [9.17, 15) is 0 Å². The highest BCUT2D eigenvalue weighted by atomic mass is 28.3. The van der Waals surface area contributed by atoms with E-state index in [0.717, 1.165) is 22.4 Å². The van der Waals surface area contributed by atoms with Gasteiger partial charge in [-0.1, -0.05) is 200 Å². The van der Waals surface area contributed by atoms with E-state index in [1.54, 1.807) is 0 Å². The second-order valence-corrected chi connectivity index (χ2v) is 19.9. The van der Waals surface area contributed by atoms with Crippen molar-refractivity contribution >= 4 is 50.6 Å². The van der Waals surface area contributed by atoms with Gasteiger partial charge in [0.15, 0.2) is 25.5 Å². The van der Waals surface area contributed by atoms with Gasteiger partial charge in [0, 0.05) is 38.7 Å². The number of aromatic nitrogens is 4. The van der Waals surface area contributed by atoms with Gasteiger partial charge >= 0.3 is 0 Å². The standard InChI is InChI=1S/C57H36N4Si/c1-4-17-37(18-5-1)55-58-56(38-19-6-2-7-20-38)60-57(59-55)40-32-34-47-45-25-12-15-30-51(45)62(53(47)36-40)50-29-14-11-24-44(50)46-33-31-39(35-52(46)62)42-26-16-27-48-43-23-10-13-28-49(43)61(54(42)48)41-21-8-3-9-22-41/h1-36H. The van der Waals surface area contributed by atoms with Crippen molar-refractivity contribution in [3.8, 4) is 73.2 Å². The van der Waals surface area contributed by atoms with Crippen molar-refractivity contribution in [2.24, 2.45) is 0 Å². The van der Waals surface area contributed by atoms with Gasteiger partial charge in [-0.25, -0.2) is 15.0 Å². The van der Waals surface area contributed by atoms with E-state index >= 15 is 0 Å². The third kappa shape index (κ3) is 4.97. The molecule has 9 aromatic carbocycles. The molecule has 11 aromatic rings. The van der Waals surface area contributed by atoms with E-state index < -0.39 is 8.07 Å². The molecule has 288 valence electrons. The van der Waals surface area contributed by atoms with Crippen molar-refractivity contribution in [2.45, 2.75) is 0 Å². The van der Waals surface area contributed by atoms with E-state index in [4.69, 9.17) is 15.0 Å². The Morgan fingerprint density at radius 2 is 0.758 bits per heavy atom. The minimum atomic E-state index is -2.89. The minimum Gasteiger partial charge on any atom is -0.309 e. The van der Waals surface area contributed by atoms with Crippen LogP contribution < -0.4 is 20.7 Å². The summed E-state index contributed by atoms with van der Waals surface area (Å²) in [6, 6.07) is 79.4. The summed E-state index contributed by atoms with van der Waals surface area (Å²) in [5.74, 6) is 1.99. The number of fused-ring (bicyclic) bond motifs is 13. The first-order chi connectivity index (χ1) is 30.8. The molecule has 0 amide bonds. The van der Waals surface area contributed by atoms with Gasteiger partial charge in [0.1, 0.15) is 0 Å². The summed E-state index contributed by atoms with van der Waals surface area (Å²) in [5.41, 5.74) is 14.2. The van der Waals surface area contributed by atoms with E-state index in [1.807, 2.05) is 36.4 Å². The van der Waals surface area contributed by atoms with Crippen LogP contribution in [0.1, 0.15) is 0 Å². The van der Waals surface area contributed by atoms with Gasteiger partial charge in [-0.15, -0.1) is 0 Å². The predicted octanol–water partition coefficient (Wildman–Crippen LogP) is 11.0. The maximum absolute atomic E-state index is 5.20. The topological polar surface area (TPSA) is 43.6 Å². The highest BCUT2D eigenvalue weighted by Crippen LogP contribution is 2.41. The summed E-state index contributed by atoms with van der Waals surface area (Å²) in [6.07, 6.45) is 0. The van der Waals surface area contributed by atoms with Crippen molar-refractivity contribution in [1.82, 2.24) is 19.5 Å². The fraction of sp³-hybridized carbons (Fsp3) is 0. The van der Waals surface area contributed by atoms with E-state index in [0.29, 0.717) is 17.5 Å². The van der Waals surface area contributed by atoms with Crippen molar-refractivity contribution in [1.29, 1.82) is 0 Å². The van der Waals surface area contributed by atoms with Gasteiger partial charge in [0.05, 0.1) is 11.0 Å². The first kappa shape index (κ1) is 34.8. The van der Waals surface area contributed by atoms with Crippen LogP contribution in [0.15, 0.2) is 218 Å². The highest BCUT2D eigenvalue weighted by Gasteiger charge is 2.54. The molecule has 0 aliphatic carbocycles. The van der Waals surface area contributed by atoms with Gasteiger partial charge in [-0.3, -0.25) is 0 Å². The quantitative estimate of drug-likeness (QED) is 0.163. The third-order valence-electron chi connectivity index (χ3n) is 13.1. The van der Waals surface area contributed by atoms with Crippen LogP contribution in [0.4, 0.5) is 0 Å². The predicted molar refractivity (Wildman–Crippen MR) is 258 cm³/mol. The molecule has 2 aromatic heterocycles. The fourth-order valence-corrected chi connectivity index (χ4v) is 16.1. The second-order valence-electron chi connectivity index (χ2n) is 16.3. The van der Waals surface area contributed by atoms with E-state index in [2.05, 4.69) is 187 Å². The van der Waals surface area contributed by atoms with Gasteiger partial charge in [-0.2, -0.15) is 0 Å². The lowest BCUT2D eigenvalue weighted by molar-refractivity contribution is 1.07. The zero-order valence-electron chi connectivity index (χ0n) is 33.6. The summed E-state index contributed by atoms with van der Waals surface area (Å²) < 4.78 is 2.45. The van der Waals surface area contributed by atoms with Crippen LogP contribution in [-0.4, -0.2) is 27.6 Å². The molecule has 0 saturated heterocycles. The first-order valence-corrected chi connectivity index (χ1v) is 23.2. The first-order valence-electron chi connectivity index (χ1n) is 21.2. The molecule has 2 aliphatic heterocycles. The van der Waals surface area contributed by atoms with Crippen LogP contribution in [0.3, 0.4) is 0 Å². The number of para-hydroxylation sites is 3. The Morgan fingerprint density at radius 3 is 1.39 bits per heavy atom. The average molecular weight is 805 g/mol. The molecule has 0 radical (unpaired) electrons. The number of hydrogen-bond acceptors (Lipinski definition) is 3. The van der Waals surface area contributed by atoms with Crippen molar-refractivity contribution in [3.63, 3.8) is 0 Å².